The maximum Gasteiger partial charge on any atom is 0.126 e. The number of aliphatic hydroxyl groups excluding tert-OH is 1. The Balaban J connectivity index is 1.81. The first kappa shape index (κ1) is 16.8. The molecule has 2 aromatic rings. The van der Waals surface area contributed by atoms with Gasteiger partial charge in [0.1, 0.15) is 5.75 Å². The van der Waals surface area contributed by atoms with Crippen molar-refractivity contribution in [2.75, 3.05) is 13.2 Å². The molecule has 0 radical (unpaired) electrons. The quantitative estimate of drug-likeness (QED) is 0.718. The molecule has 0 heterocycles. The molecule has 0 bridgehead atoms. The number of aryl methyl sites for hydroxylation is 1. The van der Waals surface area contributed by atoms with Gasteiger partial charge in [0, 0.05) is 12.2 Å². The summed E-state index contributed by atoms with van der Waals surface area (Å²) in [6.45, 7) is 0.981. The number of hydrogen-bond acceptors (Lipinski definition) is 2. The van der Waals surface area contributed by atoms with Gasteiger partial charge in [-0.3, -0.25) is 0 Å². The van der Waals surface area contributed by atoms with Gasteiger partial charge < -0.3 is 9.84 Å². The Morgan fingerprint density at radius 1 is 0.875 bits per heavy atom. The molecule has 0 aliphatic heterocycles. The van der Waals surface area contributed by atoms with E-state index in [4.69, 9.17) is 9.84 Å². The highest BCUT2D eigenvalue weighted by atomic mass is 16.5. The minimum absolute atomic E-state index is 0.268. The minimum atomic E-state index is 0.268. The van der Waals surface area contributed by atoms with Crippen LogP contribution in [0.2, 0.25) is 0 Å². The molecule has 0 atom stereocenters. The summed E-state index contributed by atoms with van der Waals surface area (Å²) in [7, 11) is 0. The topological polar surface area (TPSA) is 29.5 Å². The molecule has 0 aromatic heterocycles. The number of fused-ring (bicyclic) bond motifs is 1. The number of rotatable bonds is 7. The average molecular weight is 322 g/mol. The summed E-state index contributed by atoms with van der Waals surface area (Å²) in [5.41, 5.74) is 5.33. The molecule has 0 saturated heterocycles. The smallest absolute Gasteiger partial charge is 0.126 e. The number of allylic oxidation sites excluding steroid dienone is 1. The molecule has 24 heavy (non-hydrogen) atoms. The van der Waals surface area contributed by atoms with Crippen LogP contribution < -0.4 is 4.74 Å². The zero-order valence-corrected chi connectivity index (χ0v) is 14.2. The zero-order chi connectivity index (χ0) is 16.6. The third-order valence-electron chi connectivity index (χ3n) is 4.57. The van der Waals surface area contributed by atoms with Crippen molar-refractivity contribution in [2.45, 2.75) is 38.5 Å². The third-order valence-corrected chi connectivity index (χ3v) is 4.57. The van der Waals surface area contributed by atoms with Crippen LogP contribution in [0.5, 0.6) is 5.75 Å². The van der Waals surface area contributed by atoms with Crippen molar-refractivity contribution < 1.29 is 9.84 Å². The molecule has 2 heteroatoms. The number of hydrogen-bond donors (Lipinski definition) is 1. The SMILES string of the molecule is OCCCCCOc1cccc2c1C=C(c1ccccc1)CCC2. The molecule has 0 spiro atoms. The summed E-state index contributed by atoms with van der Waals surface area (Å²) in [4.78, 5) is 0. The van der Waals surface area contributed by atoms with Crippen molar-refractivity contribution in [3.63, 3.8) is 0 Å². The normalized spacial score (nSPS) is 13.8. The first-order valence-corrected chi connectivity index (χ1v) is 9.00. The van der Waals surface area contributed by atoms with Gasteiger partial charge in [-0.05, 0) is 67.4 Å². The van der Waals surface area contributed by atoms with Gasteiger partial charge in [0.2, 0.25) is 0 Å². The first-order valence-electron chi connectivity index (χ1n) is 9.00. The molecule has 0 saturated carbocycles. The van der Waals surface area contributed by atoms with E-state index in [1.54, 1.807) is 0 Å². The molecule has 1 aliphatic carbocycles. The number of aliphatic hydroxyl groups is 1. The van der Waals surface area contributed by atoms with E-state index in [1.807, 2.05) is 0 Å². The summed E-state index contributed by atoms with van der Waals surface area (Å²) in [5.74, 6) is 0.992. The monoisotopic (exact) mass is 322 g/mol. The van der Waals surface area contributed by atoms with Gasteiger partial charge in [0.25, 0.3) is 0 Å². The van der Waals surface area contributed by atoms with Crippen molar-refractivity contribution in [3.8, 4) is 5.75 Å². The van der Waals surface area contributed by atoms with E-state index in [2.05, 4.69) is 54.6 Å². The fraction of sp³-hybridized carbons (Fsp3) is 0.364. The summed E-state index contributed by atoms with van der Waals surface area (Å²) in [5, 5.41) is 8.86. The second-order valence-electron chi connectivity index (χ2n) is 6.35. The average Bonchev–Trinajstić information content (AvgIpc) is 2.85. The van der Waals surface area contributed by atoms with Crippen LogP contribution in [0.3, 0.4) is 0 Å². The Labute approximate surface area is 144 Å². The molecule has 126 valence electrons. The molecule has 3 rings (SSSR count). The van der Waals surface area contributed by atoms with Crippen molar-refractivity contribution in [2.24, 2.45) is 0 Å². The van der Waals surface area contributed by atoms with E-state index >= 15 is 0 Å². The van der Waals surface area contributed by atoms with Crippen molar-refractivity contribution in [1.29, 1.82) is 0 Å². The molecular formula is C22H26O2. The van der Waals surface area contributed by atoms with E-state index in [9.17, 15) is 0 Å². The molecule has 0 fully saturated rings. The number of ether oxygens (including phenoxy) is 1. The summed E-state index contributed by atoms with van der Waals surface area (Å²) in [6, 6.07) is 17.0. The largest absolute Gasteiger partial charge is 0.493 e. The van der Waals surface area contributed by atoms with Crippen LogP contribution in [-0.2, 0) is 6.42 Å². The van der Waals surface area contributed by atoms with Crippen molar-refractivity contribution in [1.82, 2.24) is 0 Å². The Bertz CT molecular complexity index is 674. The molecule has 1 aliphatic rings. The van der Waals surface area contributed by atoms with E-state index in [1.165, 1.54) is 28.7 Å². The van der Waals surface area contributed by atoms with Gasteiger partial charge in [0.05, 0.1) is 6.61 Å². The lowest BCUT2D eigenvalue weighted by molar-refractivity contribution is 0.266. The lowest BCUT2D eigenvalue weighted by Gasteiger charge is -2.12. The van der Waals surface area contributed by atoms with Gasteiger partial charge in [-0.15, -0.1) is 0 Å². The molecule has 0 unspecified atom stereocenters. The van der Waals surface area contributed by atoms with Crippen LogP contribution in [0.15, 0.2) is 48.5 Å². The van der Waals surface area contributed by atoms with Crippen LogP contribution >= 0.6 is 0 Å². The van der Waals surface area contributed by atoms with Crippen molar-refractivity contribution >= 4 is 11.6 Å². The first-order chi connectivity index (χ1) is 11.9. The van der Waals surface area contributed by atoms with Crippen LogP contribution in [0.1, 0.15) is 48.8 Å². The fourth-order valence-electron chi connectivity index (χ4n) is 3.27. The highest BCUT2D eigenvalue weighted by molar-refractivity contribution is 5.84. The van der Waals surface area contributed by atoms with Crippen LogP contribution in [-0.4, -0.2) is 18.3 Å². The standard InChI is InChI=1S/C22H26O2/c23-15-5-2-6-16-24-22-14-8-12-19-11-7-13-20(17-21(19)22)18-9-3-1-4-10-18/h1,3-4,8-10,12,14,17,23H,2,5-7,11,13,15-16H2. The summed E-state index contributed by atoms with van der Waals surface area (Å²) in [6.07, 6.45) is 8.55. The Kier molecular flexibility index (Phi) is 6.08. The lowest BCUT2D eigenvalue weighted by atomic mass is 10.0. The van der Waals surface area contributed by atoms with E-state index in [0.29, 0.717) is 6.61 Å². The summed E-state index contributed by atoms with van der Waals surface area (Å²) < 4.78 is 6.06. The second kappa shape index (κ2) is 8.70. The fourth-order valence-corrected chi connectivity index (χ4v) is 3.27. The van der Waals surface area contributed by atoms with Gasteiger partial charge in [-0.1, -0.05) is 42.5 Å². The van der Waals surface area contributed by atoms with Gasteiger partial charge in [-0.25, -0.2) is 0 Å². The van der Waals surface area contributed by atoms with E-state index < -0.39 is 0 Å². The maximum absolute atomic E-state index is 8.86. The maximum atomic E-state index is 8.86. The van der Waals surface area contributed by atoms with Crippen LogP contribution in [0.25, 0.3) is 11.6 Å². The van der Waals surface area contributed by atoms with Crippen LogP contribution in [0.4, 0.5) is 0 Å². The molecule has 2 nitrogen and oxygen atoms in total. The summed E-state index contributed by atoms with van der Waals surface area (Å²) >= 11 is 0. The number of benzene rings is 2. The zero-order valence-electron chi connectivity index (χ0n) is 14.2. The lowest BCUT2D eigenvalue weighted by Crippen LogP contribution is -2.01. The molecular weight excluding hydrogens is 296 g/mol. The number of unbranched alkanes of at least 4 members (excludes halogenated alkanes) is 2. The Morgan fingerprint density at radius 2 is 1.75 bits per heavy atom. The Morgan fingerprint density at radius 3 is 2.58 bits per heavy atom. The molecule has 0 amide bonds. The van der Waals surface area contributed by atoms with E-state index in [-0.39, 0.29) is 6.61 Å². The third kappa shape index (κ3) is 4.27. The highest BCUT2D eigenvalue weighted by Gasteiger charge is 2.14. The van der Waals surface area contributed by atoms with Gasteiger partial charge >= 0.3 is 0 Å². The predicted octanol–water partition coefficient (Wildman–Crippen LogP) is 5.10. The van der Waals surface area contributed by atoms with E-state index in [0.717, 1.165) is 37.9 Å². The van der Waals surface area contributed by atoms with Gasteiger partial charge in [0.15, 0.2) is 0 Å². The second-order valence-corrected chi connectivity index (χ2v) is 6.35. The molecule has 1 N–H and O–H groups in total. The predicted molar refractivity (Wildman–Crippen MR) is 100 cm³/mol. The minimum Gasteiger partial charge on any atom is -0.493 e. The highest BCUT2D eigenvalue weighted by Crippen LogP contribution is 2.34. The molecule has 2 aromatic carbocycles. The van der Waals surface area contributed by atoms with Crippen molar-refractivity contribution in [3.05, 3.63) is 65.2 Å². The Hall–Kier alpha value is -2.06. The van der Waals surface area contributed by atoms with Gasteiger partial charge in [-0.2, -0.15) is 0 Å². The van der Waals surface area contributed by atoms with Crippen LogP contribution in [0, 0.1) is 0 Å².